The Kier molecular flexibility index (Phi) is 4.70. The summed E-state index contributed by atoms with van der Waals surface area (Å²) >= 11 is 1.63. The maximum atomic E-state index is 12.7. The third-order valence-electron chi connectivity index (χ3n) is 3.63. The number of nitrogen functional groups attached to an aromatic ring is 1. The zero-order valence-electron chi connectivity index (χ0n) is 12.5. The maximum absolute atomic E-state index is 12.7. The van der Waals surface area contributed by atoms with E-state index in [0.717, 1.165) is 11.1 Å². The van der Waals surface area contributed by atoms with Crippen LogP contribution in [0.2, 0.25) is 0 Å². The number of aryl methyl sites for hydroxylation is 1. The molecular formula is C15H20N2O2S2. The highest BCUT2D eigenvalue weighted by Crippen LogP contribution is 2.27. The van der Waals surface area contributed by atoms with Crippen LogP contribution in [0, 0.1) is 13.8 Å². The number of likely N-dealkylation sites (N-methyl/N-ethyl adjacent to an activating group) is 1. The molecule has 0 aliphatic heterocycles. The van der Waals surface area contributed by atoms with Crippen LogP contribution in [0.5, 0.6) is 0 Å². The number of sulfonamides is 1. The van der Waals surface area contributed by atoms with E-state index >= 15 is 0 Å². The number of thiophene rings is 1. The summed E-state index contributed by atoms with van der Waals surface area (Å²) in [6.45, 7) is 4.13. The minimum absolute atomic E-state index is 0.233. The van der Waals surface area contributed by atoms with E-state index in [9.17, 15) is 8.42 Å². The minimum atomic E-state index is -3.56. The lowest BCUT2D eigenvalue weighted by atomic mass is 10.1. The molecule has 0 spiro atoms. The second kappa shape index (κ2) is 6.17. The van der Waals surface area contributed by atoms with Gasteiger partial charge in [0.05, 0.1) is 5.69 Å². The third-order valence-corrected chi connectivity index (χ3v) is 6.63. The van der Waals surface area contributed by atoms with Crippen molar-refractivity contribution in [2.45, 2.75) is 25.2 Å². The average molecular weight is 324 g/mol. The Labute approximate surface area is 130 Å². The molecule has 2 rings (SSSR count). The first-order valence-corrected chi connectivity index (χ1v) is 9.00. The van der Waals surface area contributed by atoms with Crippen molar-refractivity contribution in [3.05, 3.63) is 45.6 Å². The number of anilines is 1. The van der Waals surface area contributed by atoms with Gasteiger partial charge in [0, 0.05) is 18.5 Å². The van der Waals surface area contributed by atoms with E-state index in [-0.39, 0.29) is 4.90 Å². The van der Waals surface area contributed by atoms with Gasteiger partial charge < -0.3 is 5.73 Å². The molecule has 1 aromatic heterocycles. The van der Waals surface area contributed by atoms with Crippen LogP contribution < -0.4 is 5.73 Å². The lowest BCUT2D eigenvalue weighted by molar-refractivity contribution is 0.473. The Morgan fingerprint density at radius 2 is 1.95 bits per heavy atom. The van der Waals surface area contributed by atoms with E-state index in [1.165, 1.54) is 9.18 Å². The van der Waals surface area contributed by atoms with Gasteiger partial charge in [0.2, 0.25) is 10.0 Å². The van der Waals surface area contributed by atoms with Crippen LogP contribution in [0.25, 0.3) is 0 Å². The fourth-order valence-electron chi connectivity index (χ4n) is 2.15. The molecule has 114 valence electrons. The van der Waals surface area contributed by atoms with E-state index in [0.29, 0.717) is 18.7 Å². The predicted octanol–water partition coefficient (Wildman–Crippen LogP) is 2.81. The van der Waals surface area contributed by atoms with E-state index in [4.69, 9.17) is 5.73 Å². The van der Waals surface area contributed by atoms with Gasteiger partial charge in [-0.2, -0.15) is 0 Å². The average Bonchev–Trinajstić information content (AvgIpc) is 2.93. The smallest absolute Gasteiger partial charge is 0.245 e. The molecule has 1 heterocycles. The zero-order valence-corrected chi connectivity index (χ0v) is 14.1. The van der Waals surface area contributed by atoms with Gasteiger partial charge in [0.25, 0.3) is 0 Å². The van der Waals surface area contributed by atoms with Crippen LogP contribution >= 0.6 is 11.3 Å². The van der Waals surface area contributed by atoms with E-state index < -0.39 is 10.0 Å². The minimum Gasteiger partial charge on any atom is -0.398 e. The highest BCUT2D eigenvalue weighted by Gasteiger charge is 2.25. The van der Waals surface area contributed by atoms with Crippen LogP contribution in [0.4, 0.5) is 5.69 Å². The summed E-state index contributed by atoms with van der Waals surface area (Å²) in [5.41, 5.74) is 7.85. The number of benzene rings is 1. The van der Waals surface area contributed by atoms with E-state index in [1.807, 2.05) is 30.5 Å². The Hall–Kier alpha value is -1.37. The van der Waals surface area contributed by atoms with Crippen LogP contribution in [-0.2, 0) is 16.4 Å². The molecule has 21 heavy (non-hydrogen) atoms. The number of nitrogens with zero attached hydrogens (tertiary/aromatic N) is 1. The Morgan fingerprint density at radius 1 is 1.24 bits per heavy atom. The summed E-state index contributed by atoms with van der Waals surface area (Å²) in [6, 6.07) is 7.48. The van der Waals surface area contributed by atoms with Gasteiger partial charge in [-0.3, -0.25) is 0 Å². The van der Waals surface area contributed by atoms with Crippen LogP contribution in [0.15, 0.2) is 34.5 Å². The van der Waals surface area contributed by atoms with Crippen molar-refractivity contribution in [2.75, 3.05) is 19.3 Å². The molecule has 2 aromatic rings. The van der Waals surface area contributed by atoms with Crippen LogP contribution in [0.1, 0.15) is 16.0 Å². The molecule has 2 N–H and O–H groups in total. The number of hydrogen-bond acceptors (Lipinski definition) is 4. The van der Waals surface area contributed by atoms with E-state index in [2.05, 4.69) is 0 Å². The molecule has 0 saturated carbocycles. The molecule has 4 nitrogen and oxygen atoms in total. The summed E-state index contributed by atoms with van der Waals surface area (Å²) in [7, 11) is -1.96. The molecule has 0 amide bonds. The standard InChI is InChI=1S/C15H20N2O2S2/c1-11-6-7-14(16)15(12(11)2)21(18,19)17(3)9-8-13-5-4-10-20-13/h4-7,10H,8-9,16H2,1-3H3. The highest BCUT2D eigenvalue weighted by atomic mass is 32.2. The molecule has 0 aliphatic rings. The fourth-order valence-corrected chi connectivity index (χ4v) is 4.41. The SMILES string of the molecule is Cc1ccc(N)c(S(=O)(=O)N(C)CCc2cccs2)c1C. The quantitative estimate of drug-likeness (QED) is 0.860. The van der Waals surface area contributed by atoms with Gasteiger partial charge in [0.15, 0.2) is 0 Å². The predicted molar refractivity (Wildman–Crippen MR) is 88.2 cm³/mol. The molecule has 0 bridgehead atoms. The van der Waals surface area contributed by atoms with Crippen molar-refractivity contribution in [2.24, 2.45) is 0 Å². The van der Waals surface area contributed by atoms with Crippen molar-refractivity contribution < 1.29 is 8.42 Å². The lowest BCUT2D eigenvalue weighted by Crippen LogP contribution is -2.30. The Bertz CT molecular complexity index is 722. The first kappa shape index (κ1) is 16.0. The molecular weight excluding hydrogens is 304 g/mol. The molecule has 0 aliphatic carbocycles. The second-order valence-electron chi connectivity index (χ2n) is 5.08. The summed E-state index contributed by atoms with van der Waals surface area (Å²) in [5, 5.41) is 1.99. The van der Waals surface area contributed by atoms with Gasteiger partial charge in [-0.25, -0.2) is 12.7 Å². The number of nitrogens with two attached hydrogens (primary N) is 1. The number of hydrogen-bond donors (Lipinski definition) is 1. The van der Waals surface area contributed by atoms with Crippen molar-refractivity contribution in [1.82, 2.24) is 4.31 Å². The van der Waals surface area contributed by atoms with Crippen molar-refractivity contribution in [3.63, 3.8) is 0 Å². The lowest BCUT2D eigenvalue weighted by Gasteiger charge is -2.20. The van der Waals surface area contributed by atoms with Crippen LogP contribution in [-0.4, -0.2) is 26.3 Å². The Morgan fingerprint density at radius 3 is 2.57 bits per heavy atom. The zero-order chi connectivity index (χ0) is 15.6. The molecule has 0 atom stereocenters. The Balaban J connectivity index is 2.27. The van der Waals surface area contributed by atoms with Gasteiger partial charge in [0.1, 0.15) is 4.90 Å². The summed E-state index contributed by atoms with van der Waals surface area (Å²) < 4.78 is 26.8. The van der Waals surface area contributed by atoms with Gasteiger partial charge in [-0.15, -0.1) is 11.3 Å². The van der Waals surface area contributed by atoms with Crippen molar-refractivity contribution in [3.8, 4) is 0 Å². The van der Waals surface area contributed by atoms with Crippen LogP contribution in [0.3, 0.4) is 0 Å². The molecule has 0 fully saturated rings. The molecule has 0 saturated heterocycles. The van der Waals surface area contributed by atoms with Gasteiger partial charge in [-0.05, 0) is 48.9 Å². The highest BCUT2D eigenvalue weighted by molar-refractivity contribution is 7.89. The molecule has 1 aromatic carbocycles. The topological polar surface area (TPSA) is 63.4 Å². The summed E-state index contributed by atoms with van der Waals surface area (Å²) in [4.78, 5) is 1.40. The van der Waals surface area contributed by atoms with Crippen molar-refractivity contribution >= 4 is 27.0 Å². The third kappa shape index (κ3) is 3.28. The van der Waals surface area contributed by atoms with Gasteiger partial charge in [-0.1, -0.05) is 12.1 Å². The number of rotatable bonds is 5. The fraction of sp³-hybridized carbons (Fsp3) is 0.333. The summed E-state index contributed by atoms with van der Waals surface area (Å²) in [6.07, 6.45) is 0.707. The summed E-state index contributed by atoms with van der Waals surface area (Å²) in [5.74, 6) is 0. The second-order valence-corrected chi connectivity index (χ2v) is 8.10. The molecule has 0 radical (unpaired) electrons. The largest absolute Gasteiger partial charge is 0.398 e. The molecule has 6 heteroatoms. The monoisotopic (exact) mass is 324 g/mol. The first-order chi connectivity index (χ1) is 9.84. The van der Waals surface area contributed by atoms with E-state index in [1.54, 1.807) is 31.4 Å². The first-order valence-electron chi connectivity index (χ1n) is 6.68. The van der Waals surface area contributed by atoms with Gasteiger partial charge >= 0.3 is 0 Å². The maximum Gasteiger partial charge on any atom is 0.245 e. The molecule has 0 unspecified atom stereocenters. The normalized spacial score (nSPS) is 12.0. The van der Waals surface area contributed by atoms with Crippen molar-refractivity contribution in [1.29, 1.82) is 0 Å².